The molecule has 0 heterocycles. The van der Waals surface area contributed by atoms with Crippen molar-refractivity contribution in [3.63, 3.8) is 0 Å². The predicted molar refractivity (Wildman–Crippen MR) is 103 cm³/mol. The standard InChI is InChI=1S/C17H27N3O.HI/c1-3-18-17(20-15-8-4-13(2)5-9-15)19-12-14-6-10-16(21)11-7-14;/h6-7,10-11,13,15,21H,3-5,8-9,12H2,1-2H3,(H2,18,19,20);1H. The Balaban J connectivity index is 0.00000242. The molecule has 1 aromatic rings. The summed E-state index contributed by atoms with van der Waals surface area (Å²) < 4.78 is 0. The van der Waals surface area contributed by atoms with Crippen LogP contribution in [-0.4, -0.2) is 23.7 Å². The number of halogens is 1. The molecule has 0 spiro atoms. The van der Waals surface area contributed by atoms with E-state index in [2.05, 4.69) is 29.5 Å². The molecule has 2 rings (SSSR count). The summed E-state index contributed by atoms with van der Waals surface area (Å²) in [4.78, 5) is 4.64. The maximum atomic E-state index is 9.30. The molecule has 0 bridgehead atoms. The zero-order valence-electron chi connectivity index (χ0n) is 13.5. The van der Waals surface area contributed by atoms with Crippen LogP contribution in [0.15, 0.2) is 29.3 Å². The van der Waals surface area contributed by atoms with Crippen LogP contribution in [0, 0.1) is 5.92 Å². The number of aromatic hydroxyl groups is 1. The van der Waals surface area contributed by atoms with E-state index in [0.717, 1.165) is 24.0 Å². The normalized spacial score (nSPS) is 21.8. The lowest BCUT2D eigenvalue weighted by Gasteiger charge is -2.28. The molecule has 1 saturated carbocycles. The lowest BCUT2D eigenvalue weighted by atomic mass is 9.87. The van der Waals surface area contributed by atoms with Crippen LogP contribution in [0.5, 0.6) is 5.75 Å². The van der Waals surface area contributed by atoms with Crippen LogP contribution >= 0.6 is 24.0 Å². The van der Waals surface area contributed by atoms with Gasteiger partial charge in [0.05, 0.1) is 6.54 Å². The molecule has 0 atom stereocenters. The Kier molecular flexibility index (Phi) is 8.60. The number of benzene rings is 1. The zero-order chi connectivity index (χ0) is 15.1. The third-order valence-corrected chi connectivity index (χ3v) is 4.06. The predicted octanol–water partition coefficient (Wildman–Crippen LogP) is 3.64. The molecular formula is C17H28IN3O. The average Bonchev–Trinajstić information content (AvgIpc) is 2.49. The van der Waals surface area contributed by atoms with Crippen LogP contribution in [0.25, 0.3) is 0 Å². The first-order chi connectivity index (χ1) is 10.2. The molecule has 1 aliphatic rings. The van der Waals surface area contributed by atoms with Gasteiger partial charge in [0.25, 0.3) is 0 Å². The highest BCUT2D eigenvalue weighted by molar-refractivity contribution is 14.0. The van der Waals surface area contributed by atoms with Crippen molar-refractivity contribution >= 4 is 29.9 Å². The Bertz CT molecular complexity index is 453. The van der Waals surface area contributed by atoms with E-state index < -0.39 is 0 Å². The van der Waals surface area contributed by atoms with Crippen molar-refractivity contribution in [2.24, 2.45) is 10.9 Å². The molecule has 22 heavy (non-hydrogen) atoms. The number of nitrogens with zero attached hydrogens (tertiary/aromatic N) is 1. The topological polar surface area (TPSA) is 56.7 Å². The van der Waals surface area contributed by atoms with E-state index in [1.54, 1.807) is 12.1 Å². The van der Waals surface area contributed by atoms with E-state index in [4.69, 9.17) is 0 Å². The number of rotatable bonds is 4. The van der Waals surface area contributed by atoms with Gasteiger partial charge in [0, 0.05) is 12.6 Å². The first-order valence-electron chi connectivity index (χ1n) is 8.00. The number of aliphatic imine (C=N–C) groups is 1. The Morgan fingerprint density at radius 2 is 1.82 bits per heavy atom. The molecule has 4 nitrogen and oxygen atoms in total. The maximum absolute atomic E-state index is 9.30. The van der Waals surface area contributed by atoms with Crippen molar-refractivity contribution in [1.29, 1.82) is 0 Å². The van der Waals surface area contributed by atoms with E-state index in [1.807, 2.05) is 12.1 Å². The van der Waals surface area contributed by atoms with E-state index in [9.17, 15) is 5.11 Å². The smallest absolute Gasteiger partial charge is 0.191 e. The molecule has 5 heteroatoms. The van der Waals surface area contributed by atoms with Crippen LogP contribution in [-0.2, 0) is 6.54 Å². The molecule has 0 aliphatic heterocycles. The summed E-state index contributed by atoms with van der Waals surface area (Å²) in [6.07, 6.45) is 5.06. The lowest BCUT2D eigenvalue weighted by molar-refractivity contribution is 0.329. The minimum Gasteiger partial charge on any atom is -0.508 e. The number of phenolic OH excluding ortho intramolecular Hbond substituents is 1. The molecule has 0 unspecified atom stereocenters. The van der Waals surface area contributed by atoms with Gasteiger partial charge in [0.2, 0.25) is 0 Å². The highest BCUT2D eigenvalue weighted by Crippen LogP contribution is 2.23. The van der Waals surface area contributed by atoms with Gasteiger partial charge in [-0.1, -0.05) is 19.1 Å². The number of phenols is 1. The third-order valence-electron chi connectivity index (χ3n) is 4.06. The summed E-state index contributed by atoms with van der Waals surface area (Å²) in [5.74, 6) is 2.05. The van der Waals surface area contributed by atoms with Crippen LogP contribution in [0.3, 0.4) is 0 Å². The van der Waals surface area contributed by atoms with Gasteiger partial charge < -0.3 is 15.7 Å². The Hall–Kier alpha value is -0.980. The molecule has 0 aromatic heterocycles. The maximum Gasteiger partial charge on any atom is 0.191 e. The molecule has 0 radical (unpaired) electrons. The van der Waals surface area contributed by atoms with E-state index in [0.29, 0.717) is 18.3 Å². The second kappa shape index (κ2) is 9.92. The second-order valence-corrected chi connectivity index (χ2v) is 5.96. The van der Waals surface area contributed by atoms with E-state index in [-0.39, 0.29) is 24.0 Å². The van der Waals surface area contributed by atoms with Gasteiger partial charge in [-0.15, -0.1) is 24.0 Å². The minimum absolute atomic E-state index is 0. The number of hydrogen-bond acceptors (Lipinski definition) is 2. The zero-order valence-corrected chi connectivity index (χ0v) is 15.8. The first-order valence-corrected chi connectivity index (χ1v) is 8.00. The fourth-order valence-corrected chi connectivity index (χ4v) is 2.69. The fraction of sp³-hybridized carbons (Fsp3) is 0.588. The van der Waals surface area contributed by atoms with Crippen molar-refractivity contribution in [3.8, 4) is 5.75 Å². The number of guanidine groups is 1. The SMILES string of the molecule is CCNC(=NCc1ccc(O)cc1)NC1CCC(C)CC1.I. The largest absolute Gasteiger partial charge is 0.508 e. The molecule has 0 saturated heterocycles. The molecule has 1 aliphatic carbocycles. The van der Waals surface area contributed by atoms with Crippen LogP contribution < -0.4 is 10.6 Å². The van der Waals surface area contributed by atoms with Crippen molar-refractivity contribution in [1.82, 2.24) is 10.6 Å². The average molecular weight is 417 g/mol. The van der Waals surface area contributed by atoms with Crippen molar-refractivity contribution < 1.29 is 5.11 Å². The Labute approximate surface area is 150 Å². The summed E-state index contributed by atoms with van der Waals surface area (Å²) in [6.45, 7) is 5.91. The van der Waals surface area contributed by atoms with Crippen molar-refractivity contribution in [3.05, 3.63) is 29.8 Å². The van der Waals surface area contributed by atoms with Gasteiger partial charge in [-0.3, -0.25) is 0 Å². The number of hydrogen-bond donors (Lipinski definition) is 3. The lowest BCUT2D eigenvalue weighted by Crippen LogP contribution is -2.44. The monoisotopic (exact) mass is 417 g/mol. The summed E-state index contributed by atoms with van der Waals surface area (Å²) >= 11 is 0. The highest BCUT2D eigenvalue weighted by atomic mass is 127. The molecule has 0 amide bonds. The fourth-order valence-electron chi connectivity index (χ4n) is 2.69. The molecular weight excluding hydrogens is 389 g/mol. The minimum atomic E-state index is 0. The van der Waals surface area contributed by atoms with Gasteiger partial charge in [-0.2, -0.15) is 0 Å². The quantitative estimate of drug-likeness (QED) is 0.398. The van der Waals surface area contributed by atoms with Gasteiger partial charge in [-0.25, -0.2) is 4.99 Å². The van der Waals surface area contributed by atoms with Gasteiger partial charge >= 0.3 is 0 Å². The third kappa shape index (κ3) is 6.42. The molecule has 1 fully saturated rings. The highest BCUT2D eigenvalue weighted by Gasteiger charge is 2.18. The van der Waals surface area contributed by atoms with Gasteiger partial charge in [0.15, 0.2) is 5.96 Å². The summed E-state index contributed by atoms with van der Waals surface area (Å²) in [7, 11) is 0. The molecule has 3 N–H and O–H groups in total. The van der Waals surface area contributed by atoms with Crippen LogP contribution in [0.2, 0.25) is 0 Å². The summed E-state index contributed by atoms with van der Waals surface area (Å²) in [5.41, 5.74) is 1.10. The van der Waals surface area contributed by atoms with E-state index in [1.165, 1.54) is 25.7 Å². The van der Waals surface area contributed by atoms with Gasteiger partial charge in [0.1, 0.15) is 5.75 Å². The van der Waals surface area contributed by atoms with Gasteiger partial charge in [-0.05, 0) is 56.2 Å². The summed E-state index contributed by atoms with van der Waals surface area (Å²) in [6, 6.07) is 7.76. The first kappa shape index (κ1) is 19.1. The summed E-state index contributed by atoms with van der Waals surface area (Å²) in [5, 5.41) is 16.2. The van der Waals surface area contributed by atoms with Crippen molar-refractivity contribution in [2.75, 3.05) is 6.54 Å². The van der Waals surface area contributed by atoms with Crippen LogP contribution in [0.4, 0.5) is 0 Å². The molecule has 124 valence electrons. The van der Waals surface area contributed by atoms with Crippen molar-refractivity contribution in [2.45, 2.75) is 52.1 Å². The molecule has 1 aromatic carbocycles. The van der Waals surface area contributed by atoms with E-state index >= 15 is 0 Å². The Morgan fingerprint density at radius 3 is 2.41 bits per heavy atom. The van der Waals surface area contributed by atoms with Crippen LogP contribution in [0.1, 0.15) is 45.1 Å². The second-order valence-electron chi connectivity index (χ2n) is 5.96. The Morgan fingerprint density at radius 1 is 1.18 bits per heavy atom. The number of nitrogens with one attached hydrogen (secondary N) is 2.